The number of aromatic nitrogens is 1. The highest BCUT2D eigenvalue weighted by Crippen LogP contribution is 2.29. The van der Waals surface area contributed by atoms with Crippen LogP contribution in [0, 0.1) is 12.7 Å². The van der Waals surface area contributed by atoms with Crippen molar-refractivity contribution in [1.29, 1.82) is 0 Å². The normalized spacial score (nSPS) is 12.4. The molecule has 0 aliphatic rings. The second-order valence-electron chi connectivity index (χ2n) is 4.01. The molecule has 0 amide bonds. The zero-order valence-corrected chi connectivity index (χ0v) is 11.1. The third-order valence-electron chi connectivity index (χ3n) is 2.72. The molecule has 2 aromatic rings. The number of rotatable bonds is 3. The lowest BCUT2D eigenvalue weighted by Crippen LogP contribution is -2.00. The SMILES string of the molecule is Cc1cccc(C(Br)Cc2ccncc2)c1F. The molecule has 0 aliphatic heterocycles. The minimum Gasteiger partial charge on any atom is -0.265 e. The van der Waals surface area contributed by atoms with Gasteiger partial charge >= 0.3 is 0 Å². The van der Waals surface area contributed by atoms with Gasteiger partial charge in [-0.05, 0) is 36.6 Å². The van der Waals surface area contributed by atoms with E-state index in [0.29, 0.717) is 11.1 Å². The summed E-state index contributed by atoms with van der Waals surface area (Å²) in [6.07, 6.45) is 4.26. The summed E-state index contributed by atoms with van der Waals surface area (Å²) in [7, 11) is 0. The average molecular weight is 294 g/mol. The lowest BCUT2D eigenvalue weighted by Gasteiger charge is -2.12. The molecule has 0 saturated heterocycles. The maximum Gasteiger partial charge on any atom is 0.130 e. The topological polar surface area (TPSA) is 12.9 Å². The Labute approximate surface area is 109 Å². The zero-order chi connectivity index (χ0) is 12.3. The summed E-state index contributed by atoms with van der Waals surface area (Å²) in [6, 6.07) is 9.38. The fourth-order valence-corrected chi connectivity index (χ4v) is 2.48. The summed E-state index contributed by atoms with van der Waals surface area (Å²) in [6.45, 7) is 1.78. The van der Waals surface area contributed by atoms with Crippen molar-refractivity contribution in [3.05, 3.63) is 65.2 Å². The average Bonchev–Trinajstić information content (AvgIpc) is 2.34. The van der Waals surface area contributed by atoms with Crippen LogP contribution in [-0.2, 0) is 6.42 Å². The molecule has 0 fully saturated rings. The molecule has 2 rings (SSSR count). The van der Waals surface area contributed by atoms with Crippen molar-refractivity contribution >= 4 is 15.9 Å². The van der Waals surface area contributed by atoms with Gasteiger partial charge in [0, 0.05) is 22.8 Å². The number of hydrogen-bond acceptors (Lipinski definition) is 1. The van der Waals surface area contributed by atoms with Gasteiger partial charge in [0.05, 0.1) is 0 Å². The molecule has 1 nitrogen and oxygen atoms in total. The van der Waals surface area contributed by atoms with E-state index < -0.39 is 0 Å². The van der Waals surface area contributed by atoms with Gasteiger partial charge in [0.15, 0.2) is 0 Å². The van der Waals surface area contributed by atoms with E-state index in [4.69, 9.17) is 0 Å². The summed E-state index contributed by atoms with van der Waals surface area (Å²) >= 11 is 3.55. The lowest BCUT2D eigenvalue weighted by atomic mass is 10.0. The molecule has 88 valence electrons. The smallest absolute Gasteiger partial charge is 0.130 e. The number of aryl methyl sites for hydroxylation is 1. The van der Waals surface area contributed by atoms with Crippen molar-refractivity contribution in [2.75, 3.05) is 0 Å². The van der Waals surface area contributed by atoms with Gasteiger partial charge < -0.3 is 0 Å². The number of hydrogen-bond donors (Lipinski definition) is 0. The first-order valence-corrected chi connectivity index (χ1v) is 6.38. The number of halogens is 2. The van der Waals surface area contributed by atoms with E-state index in [1.807, 2.05) is 24.3 Å². The van der Waals surface area contributed by atoms with E-state index in [1.165, 1.54) is 0 Å². The first-order valence-electron chi connectivity index (χ1n) is 5.46. The van der Waals surface area contributed by atoms with E-state index in [9.17, 15) is 4.39 Å². The van der Waals surface area contributed by atoms with E-state index in [-0.39, 0.29) is 10.6 Å². The summed E-state index contributed by atoms with van der Waals surface area (Å²) in [5, 5.41) is 0. The number of pyridine rings is 1. The van der Waals surface area contributed by atoms with Gasteiger partial charge in [-0.1, -0.05) is 34.1 Å². The fraction of sp³-hybridized carbons (Fsp3) is 0.214. The Bertz CT molecular complexity index is 499. The van der Waals surface area contributed by atoms with Gasteiger partial charge in [0.1, 0.15) is 5.82 Å². The van der Waals surface area contributed by atoms with Crippen molar-refractivity contribution < 1.29 is 4.39 Å². The van der Waals surface area contributed by atoms with Gasteiger partial charge in [-0.3, -0.25) is 4.98 Å². The third kappa shape index (κ3) is 2.91. The second-order valence-corrected chi connectivity index (χ2v) is 5.11. The summed E-state index contributed by atoms with van der Waals surface area (Å²) in [5.41, 5.74) is 2.53. The van der Waals surface area contributed by atoms with Crippen LogP contribution in [0.2, 0.25) is 0 Å². The molecule has 1 heterocycles. The number of nitrogens with zero attached hydrogens (tertiary/aromatic N) is 1. The lowest BCUT2D eigenvalue weighted by molar-refractivity contribution is 0.599. The van der Waals surface area contributed by atoms with Gasteiger partial charge in [-0.25, -0.2) is 4.39 Å². The molecule has 1 aromatic carbocycles. The maximum atomic E-state index is 13.9. The molecule has 17 heavy (non-hydrogen) atoms. The van der Waals surface area contributed by atoms with E-state index >= 15 is 0 Å². The minimum atomic E-state index is -0.122. The second kappa shape index (κ2) is 5.41. The molecule has 0 N–H and O–H groups in total. The van der Waals surface area contributed by atoms with Crippen LogP contribution >= 0.6 is 15.9 Å². The van der Waals surface area contributed by atoms with Crippen molar-refractivity contribution in [1.82, 2.24) is 4.98 Å². The quantitative estimate of drug-likeness (QED) is 0.773. The summed E-state index contributed by atoms with van der Waals surface area (Å²) < 4.78 is 13.9. The van der Waals surface area contributed by atoms with Crippen molar-refractivity contribution in [2.24, 2.45) is 0 Å². The summed E-state index contributed by atoms with van der Waals surface area (Å²) in [4.78, 5) is 3.96. The predicted octanol–water partition coefficient (Wildman–Crippen LogP) is 4.21. The van der Waals surface area contributed by atoms with Gasteiger partial charge in [0.2, 0.25) is 0 Å². The molecule has 0 spiro atoms. The molecule has 1 atom stereocenters. The van der Waals surface area contributed by atoms with Crippen LogP contribution in [-0.4, -0.2) is 4.98 Å². The van der Waals surface area contributed by atoms with Crippen LogP contribution in [0.4, 0.5) is 4.39 Å². The molecule has 0 radical (unpaired) electrons. The van der Waals surface area contributed by atoms with Crippen LogP contribution in [0.3, 0.4) is 0 Å². The Balaban J connectivity index is 2.20. The number of alkyl halides is 1. The van der Waals surface area contributed by atoms with E-state index in [0.717, 1.165) is 12.0 Å². The first kappa shape index (κ1) is 12.2. The van der Waals surface area contributed by atoms with Gasteiger partial charge in [-0.2, -0.15) is 0 Å². The van der Waals surface area contributed by atoms with Crippen LogP contribution in [0.25, 0.3) is 0 Å². The standard InChI is InChI=1S/C14H13BrFN/c1-10-3-2-4-12(14(10)16)13(15)9-11-5-7-17-8-6-11/h2-8,13H,9H2,1H3. The van der Waals surface area contributed by atoms with Crippen molar-refractivity contribution in [3.8, 4) is 0 Å². The molecule has 1 unspecified atom stereocenters. The highest BCUT2D eigenvalue weighted by molar-refractivity contribution is 9.09. The molecule has 3 heteroatoms. The Hall–Kier alpha value is -1.22. The first-order chi connectivity index (χ1) is 8.18. The largest absolute Gasteiger partial charge is 0.265 e. The molecular weight excluding hydrogens is 281 g/mol. The highest BCUT2D eigenvalue weighted by atomic mass is 79.9. The van der Waals surface area contributed by atoms with Crippen LogP contribution in [0.5, 0.6) is 0 Å². The van der Waals surface area contributed by atoms with Gasteiger partial charge in [-0.15, -0.1) is 0 Å². The van der Waals surface area contributed by atoms with E-state index in [2.05, 4.69) is 20.9 Å². The van der Waals surface area contributed by atoms with Crippen LogP contribution in [0.1, 0.15) is 21.5 Å². The minimum absolute atomic E-state index is 0.00944. The molecular formula is C14H13BrFN. The monoisotopic (exact) mass is 293 g/mol. The Morgan fingerprint density at radius 3 is 2.65 bits per heavy atom. The summed E-state index contributed by atoms with van der Waals surface area (Å²) in [5.74, 6) is -0.122. The molecule has 0 saturated carbocycles. The van der Waals surface area contributed by atoms with Crippen molar-refractivity contribution in [2.45, 2.75) is 18.2 Å². The Kier molecular flexibility index (Phi) is 3.89. The molecule has 1 aromatic heterocycles. The van der Waals surface area contributed by atoms with Gasteiger partial charge in [0.25, 0.3) is 0 Å². The van der Waals surface area contributed by atoms with E-state index in [1.54, 1.807) is 25.4 Å². The Morgan fingerprint density at radius 2 is 1.94 bits per heavy atom. The van der Waals surface area contributed by atoms with Crippen LogP contribution in [0.15, 0.2) is 42.7 Å². The fourth-order valence-electron chi connectivity index (χ4n) is 1.75. The number of benzene rings is 1. The van der Waals surface area contributed by atoms with Crippen LogP contribution < -0.4 is 0 Å². The van der Waals surface area contributed by atoms with Crippen molar-refractivity contribution in [3.63, 3.8) is 0 Å². The highest BCUT2D eigenvalue weighted by Gasteiger charge is 2.14. The molecule has 0 aliphatic carbocycles. The molecule has 0 bridgehead atoms. The predicted molar refractivity (Wildman–Crippen MR) is 70.7 cm³/mol. The Morgan fingerprint density at radius 1 is 1.24 bits per heavy atom. The maximum absolute atomic E-state index is 13.9. The zero-order valence-electron chi connectivity index (χ0n) is 9.53. The third-order valence-corrected chi connectivity index (χ3v) is 3.54.